The molecule has 0 aromatic carbocycles. The van der Waals surface area contributed by atoms with Crippen molar-refractivity contribution in [3.63, 3.8) is 0 Å². The fourth-order valence-corrected chi connectivity index (χ4v) is 1.18. The molecule has 0 bridgehead atoms. The molecule has 0 saturated carbocycles. The summed E-state index contributed by atoms with van der Waals surface area (Å²) in [5.41, 5.74) is 0.836. The van der Waals surface area contributed by atoms with Gasteiger partial charge in [-0.05, 0) is 6.08 Å². The lowest BCUT2D eigenvalue weighted by Crippen LogP contribution is -2.27. The third kappa shape index (κ3) is 2.99. The van der Waals surface area contributed by atoms with Crippen LogP contribution in [0, 0.1) is 0 Å². The van der Waals surface area contributed by atoms with E-state index in [-0.39, 0.29) is 12.5 Å². The Morgan fingerprint density at radius 3 is 3.15 bits per heavy atom. The summed E-state index contributed by atoms with van der Waals surface area (Å²) in [6.07, 6.45) is 6.51. The molecule has 70 valence electrons. The number of esters is 1. The van der Waals surface area contributed by atoms with Gasteiger partial charge >= 0.3 is 5.97 Å². The van der Waals surface area contributed by atoms with Crippen molar-refractivity contribution in [1.29, 1.82) is 0 Å². The molecule has 0 aliphatic heterocycles. The SMILES string of the molecule is COC(=O)CNC1=CC=CCC1=S. The molecular formula is C9H11NO2S. The van der Waals surface area contributed by atoms with Crippen molar-refractivity contribution >= 4 is 23.1 Å². The normalized spacial score (nSPS) is 15.2. The van der Waals surface area contributed by atoms with Gasteiger partial charge in [0, 0.05) is 17.0 Å². The molecular weight excluding hydrogens is 186 g/mol. The Hall–Kier alpha value is -1.16. The Labute approximate surface area is 82.5 Å². The first kappa shape index (κ1) is 9.92. The maximum absolute atomic E-state index is 10.8. The van der Waals surface area contributed by atoms with Gasteiger partial charge in [0.15, 0.2) is 0 Å². The van der Waals surface area contributed by atoms with Crippen LogP contribution in [0.4, 0.5) is 0 Å². The Bertz CT molecular complexity index is 281. The van der Waals surface area contributed by atoms with Crippen molar-refractivity contribution in [1.82, 2.24) is 5.32 Å². The average molecular weight is 197 g/mol. The van der Waals surface area contributed by atoms with Crippen LogP contribution in [-0.2, 0) is 9.53 Å². The number of nitrogens with one attached hydrogen (secondary N) is 1. The fraction of sp³-hybridized carbons (Fsp3) is 0.333. The first-order valence-electron chi connectivity index (χ1n) is 3.94. The zero-order chi connectivity index (χ0) is 9.68. The number of hydrogen-bond acceptors (Lipinski definition) is 4. The van der Waals surface area contributed by atoms with E-state index in [2.05, 4.69) is 10.1 Å². The largest absolute Gasteiger partial charge is 0.468 e. The number of methoxy groups -OCH3 is 1. The number of thiocarbonyl (C=S) groups is 1. The molecule has 0 amide bonds. The third-order valence-corrected chi connectivity index (χ3v) is 2.04. The smallest absolute Gasteiger partial charge is 0.325 e. The van der Waals surface area contributed by atoms with Crippen LogP contribution < -0.4 is 5.32 Å². The van der Waals surface area contributed by atoms with Gasteiger partial charge in [0.1, 0.15) is 6.54 Å². The van der Waals surface area contributed by atoms with Gasteiger partial charge in [-0.2, -0.15) is 0 Å². The van der Waals surface area contributed by atoms with Crippen molar-refractivity contribution in [2.24, 2.45) is 0 Å². The third-order valence-electron chi connectivity index (χ3n) is 1.65. The highest BCUT2D eigenvalue weighted by molar-refractivity contribution is 7.80. The highest BCUT2D eigenvalue weighted by atomic mass is 32.1. The number of hydrogen-bond donors (Lipinski definition) is 1. The number of ether oxygens (including phenoxy) is 1. The topological polar surface area (TPSA) is 38.3 Å². The number of rotatable bonds is 3. The molecule has 0 aromatic heterocycles. The summed E-state index contributed by atoms with van der Waals surface area (Å²) < 4.78 is 4.49. The maximum Gasteiger partial charge on any atom is 0.325 e. The van der Waals surface area contributed by atoms with E-state index >= 15 is 0 Å². The minimum absolute atomic E-state index is 0.163. The van der Waals surface area contributed by atoms with E-state index in [1.54, 1.807) is 0 Å². The Morgan fingerprint density at radius 1 is 1.77 bits per heavy atom. The zero-order valence-corrected chi connectivity index (χ0v) is 8.19. The second kappa shape index (κ2) is 4.77. The van der Waals surface area contributed by atoms with E-state index in [4.69, 9.17) is 12.2 Å². The second-order valence-corrected chi connectivity index (χ2v) is 3.06. The summed E-state index contributed by atoms with van der Waals surface area (Å²) in [7, 11) is 1.36. The van der Waals surface area contributed by atoms with Gasteiger partial charge in [0.2, 0.25) is 0 Å². The van der Waals surface area contributed by atoms with E-state index < -0.39 is 0 Å². The number of carbonyl (C=O) groups excluding carboxylic acids is 1. The van der Waals surface area contributed by atoms with Crippen molar-refractivity contribution in [2.75, 3.05) is 13.7 Å². The van der Waals surface area contributed by atoms with E-state index in [0.29, 0.717) is 0 Å². The van der Waals surface area contributed by atoms with E-state index in [9.17, 15) is 4.79 Å². The number of allylic oxidation sites excluding steroid dienone is 4. The molecule has 0 spiro atoms. The highest BCUT2D eigenvalue weighted by Gasteiger charge is 2.07. The van der Waals surface area contributed by atoms with Gasteiger partial charge in [-0.1, -0.05) is 24.4 Å². The Kier molecular flexibility index (Phi) is 3.64. The molecule has 0 radical (unpaired) electrons. The molecule has 13 heavy (non-hydrogen) atoms. The predicted molar refractivity (Wildman–Crippen MR) is 54.5 cm³/mol. The standard InChI is InChI=1S/C9H11NO2S/c1-12-9(11)6-10-7-4-2-3-5-8(7)13/h2-4,10H,5-6H2,1H3. The lowest BCUT2D eigenvalue weighted by molar-refractivity contribution is -0.139. The summed E-state index contributed by atoms with van der Waals surface area (Å²) in [5, 5.41) is 2.92. The molecule has 0 saturated heterocycles. The first-order valence-corrected chi connectivity index (χ1v) is 4.35. The van der Waals surface area contributed by atoms with Crippen molar-refractivity contribution in [3.05, 3.63) is 23.9 Å². The van der Waals surface area contributed by atoms with Crippen molar-refractivity contribution in [2.45, 2.75) is 6.42 Å². The molecule has 0 fully saturated rings. The lowest BCUT2D eigenvalue weighted by Gasteiger charge is -2.11. The molecule has 0 aromatic rings. The quantitative estimate of drug-likeness (QED) is 0.540. The maximum atomic E-state index is 10.8. The van der Waals surface area contributed by atoms with Crippen LogP contribution in [0.5, 0.6) is 0 Å². The molecule has 3 nitrogen and oxygen atoms in total. The van der Waals surface area contributed by atoms with Crippen LogP contribution in [0.25, 0.3) is 0 Å². The molecule has 0 unspecified atom stereocenters. The van der Waals surface area contributed by atoms with Gasteiger partial charge in [-0.3, -0.25) is 4.79 Å². The zero-order valence-electron chi connectivity index (χ0n) is 7.37. The molecule has 1 N–H and O–H groups in total. The van der Waals surface area contributed by atoms with E-state index in [0.717, 1.165) is 17.0 Å². The summed E-state index contributed by atoms with van der Waals surface area (Å²) in [6.45, 7) is 0.163. The highest BCUT2D eigenvalue weighted by Crippen LogP contribution is 2.06. The van der Waals surface area contributed by atoms with Crippen molar-refractivity contribution < 1.29 is 9.53 Å². The van der Waals surface area contributed by atoms with Crippen LogP contribution in [0.1, 0.15) is 6.42 Å². The van der Waals surface area contributed by atoms with Crippen LogP contribution in [0.2, 0.25) is 0 Å². The number of carbonyl (C=O) groups is 1. The Balaban J connectivity index is 2.44. The van der Waals surface area contributed by atoms with Crippen LogP contribution in [0.15, 0.2) is 23.9 Å². The molecule has 0 atom stereocenters. The van der Waals surface area contributed by atoms with Crippen molar-refractivity contribution in [3.8, 4) is 0 Å². The molecule has 1 aliphatic rings. The van der Waals surface area contributed by atoms with Crippen LogP contribution >= 0.6 is 12.2 Å². The molecule has 1 aliphatic carbocycles. The summed E-state index contributed by atoms with van der Waals surface area (Å²) >= 11 is 5.08. The lowest BCUT2D eigenvalue weighted by atomic mass is 10.1. The molecule has 4 heteroatoms. The average Bonchev–Trinajstić information content (AvgIpc) is 2.16. The first-order chi connectivity index (χ1) is 6.24. The minimum Gasteiger partial charge on any atom is -0.468 e. The van der Waals surface area contributed by atoms with Gasteiger partial charge in [-0.25, -0.2) is 0 Å². The summed E-state index contributed by atoms with van der Waals surface area (Å²) in [4.78, 5) is 11.6. The van der Waals surface area contributed by atoms with Gasteiger partial charge in [0.05, 0.1) is 7.11 Å². The molecule has 0 heterocycles. The summed E-state index contributed by atoms with van der Waals surface area (Å²) in [6, 6.07) is 0. The molecule has 1 rings (SSSR count). The van der Waals surface area contributed by atoms with Crippen LogP contribution in [0.3, 0.4) is 0 Å². The second-order valence-electron chi connectivity index (χ2n) is 2.57. The monoisotopic (exact) mass is 197 g/mol. The van der Waals surface area contributed by atoms with Gasteiger partial charge < -0.3 is 10.1 Å². The minimum atomic E-state index is -0.293. The van der Waals surface area contributed by atoms with Crippen LogP contribution in [-0.4, -0.2) is 24.5 Å². The van der Waals surface area contributed by atoms with Gasteiger partial charge in [-0.15, -0.1) is 0 Å². The van der Waals surface area contributed by atoms with E-state index in [1.165, 1.54) is 7.11 Å². The fourth-order valence-electron chi connectivity index (χ4n) is 0.939. The van der Waals surface area contributed by atoms with Gasteiger partial charge in [0.25, 0.3) is 0 Å². The Morgan fingerprint density at radius 2 is 2.54 bits per heavy atom. The van der Waals surface area contributed by atoms with E-state index in [1.807, 2.05) is 18.2 Å². The predicted octanol–water partition coefficient (Wildman–Crippen LogP) is 0.963. The summed E-state index contributed by atoms with van der Waals surface area (Å²) in [5.74, 6) is -0.293.